The Labute approximate surface area is 221 Å². The number of hydrogen-bond donors (Lipinski definition) is 2. The highest BCUT2D eigenvalue weighted by Gasteiger charge is 2.07. The van der Waals surface area contributed by atoms with E-state index in [-0.39, 0.29) is 5.91 Å². The van der Waals surface area contributed by atoms with Gasteiger partial charge in [0.05, 0.1) is 11.4 Å². The Bertz CT molecular complexity index is 1540. The maximum atomic E-state index is 12.7. The molecule has 0 aliphatic rings. The van der Waals surface area contributed by atoms with Crippen molar-refractivity contribution in [2.75, 3.05) is 10.7 Å². The number of hydrogen-bond acceptors (Lipinski definition) is 3. The number of nitrogens with one attached hydrogen (secondary N) is 2. The van der Waals surface area contributed by atoms with Crippen molar-refractivity contribution in [3.63, 3.8) is 0 Å². The maximum Gasteiger partial charge on any atom is 0.255 e. The lowest BCUT2D eigenvalue weighted by Crippen LogP contribution is -2.25. The SMILES string of the molecule is C[n+]1ccc(-c2ccc(NN=Nc3ccc(C(=O)Nc4ccc(-c5cc[n+](C)cc5)cc4)cc3)cc2)cc1. The predicted molar refractivity (Wildman–Crippen MR) is 149 cm³/mol. The van der Waals surface area contributed by atoms with Crippen LogP contribution < -0.4 is 19.9 Å². The smallest absolute Gasteiger partial charge is 0.255 e. The van der Waals surface area contributed by atoms with E-state index in [0.29, 0.717) is 11.3 Å². The van der Waals surface area contributed by atoms with E-state index in [2.05, 4.69) is 45.3 Å². The third-order valence-electron chi connectivity index (χ3n) is 6.13. The fourth-order valence-electron chi connectivity index (χ4n) is 3.89. The standard InChI is InChI=1S/C31H26N6O/c1-36-19-15-25(16-20-36)23-3-9-28(10-4-23)32-31(38)27-7-13-30(14-8-27)34-35-33-29-11-5-24(6-12-29)26-17-21-37(2)22-18-26/h3-22H,1-2H3/p+2. The first-order valence-electron chi connectivity index (χ1n) is 12.2. The molecule has 0 bridgehead atoms. The van der Waals surface area contributed by atoms with Crippen molar-refractivity contribution in [1.29, 1.82) is 0 Å². The Morgan fingerprint density at radius 2 is 1.03 bits per heavy atom. The van der Waals surface area contributed by atoms with Crippen LogP contribution in [-0.4, -0.2) is 5.91 Å². The van der Waals surface area contributed by atoms with Crippen molar-refractivity contribution in [3.05, 3.63) is 127 Å². The van der Waals surface area contributed by atoms with E-state index in [1.807, 2.05) is 96.5 Å². The van der Waals surface area contributed by atoms with Crippen LogP contribution in [0.3, 0.4) is 0 Å². The van der Waals surface area contributed by atoms with Gasteiger partial charge in [-0.1, -0.05) is 29.5 Å². The largest absolute Gasteiger partial charge is 0.322 e. The summed E-state index contributed by atoms with van der Waals surface area (Å²) in [4.78, 5) is 12.7. The summed E-state index contributed by atoms with van der Waals surface area (Å²) in [6.45, 7) is 0. The van der Waals surface area contributed by atoms with Crippen LogP contribution in [0.15, 0.2) is 132 Å². The third-order valence-corrected chi connectivity index (χ3v) is 6.13. The summed E-state index contributed by atoms with van der Waals surface area (Å²) in [5, 5.41) is 11.2. The molecule has 0 radical (unpaired) electrons. The molecule has 38 heavy (non-hydrogen) atoms. The molecule has 0 atom stereocenters. The molecular weight excluding hydrogens is 472 g/mol. The number of anilines is 2. The van der Waals surface area contributed by atoms with Gasteiger partial charge in [0.2, 0.25) is 0 Å². The predicted octanol–water partition coefficient (Wildman–Crippen LogP) is 6.03. The van der Waals surface area contributed by atoms with Gasteiger partial charge in [-0.3, -0.25) is 10.2 Å². The first-order valence-corrected chi connectivity index (χ1v) is 12.2. The van der Waals surface area contributed by atoms with Gasteiger partial charge in [-0.2, -0.15) is 0 Å². The number of aromatic nitrogens is 2. The monoisotopic (exact) mass is 500 g/mol. The van der Waals surface area contributed by atoms with E-state index < -0.39 is 0 Å². The summed E-state index contributed by atoms with van der Waals surface area (Å²) < 4.78 is 4.00. The molecule has 0 spiro atoms. The Kier molecular flexibility index (Phi) is 7.27. The molecule has 1 amide bonds. The van der Waals surface area contributed by atoms with Gasteiger partial charge in [0, 0.05) is 35.5 Å². The lowest BCUT2D eigenvalue weighted by Gasteiger charge is -2.07. The van der Waals surface area contributed by atoms with Gasteiger partial charge in [0.1, 0.15) is 14.1 Å². The third kappa shape index (κ3) is 6.14. The fourth-order valence-corrected chi connectivity index (χ4v) is 3.89. The fraction of sp³-hybridized carbons (Fsp3) is 0.0645. The zero-order chi connectivity index (χ0) is 26.3. The van der Waals surface area contributed by atoms with E-state index in [1.54, 1.807) is 24.3 Å². The molecule has 186 valence electrons. The van der Waals surface area contributed by atoms with Crippen LogP contribution in [0, 0.1) is 0 Å². The van der Waals surface area contributed by atoms with Crippen molar-refractivity contribution >= 4 is 23.0 Å². The molecule has 7 nitrogen and oxygen atoms in total. The van der Waals surface area contributed by atoms with Crippen molar-refractivity contribution in [2.45, 2.75) is 0 Å². The summed E-state index contributed by atoms with van der Waals surface area (Å²) >= 11 is 0. The molecule has 3 aromatic carbocycles. The molecule has 2 aromatic heterocycles. The van der Waals surface area contributed by atoms with Crippen molar-refractivity contribution in [3.8, 4) is 22.3 Å². The number of pyridine rings is 2. The molecule has 0 fully saturated rings. The van der Waals surface area contributed by atoms with Crippen molar-refractivity contribution in [1.82, 2.24) is 0 Å². The van der Waals surface area contributed by atoms with Crippen LogP contribution in [0.4, 0.5) is 17.1 Å². The number of aryl methyl sites for hydroxylation is 2. The zero-order valence-corrected chi connectivity index (χ0v) is 21.2. The molecule has 5 rings (SSSR count). The summed E-state index contributed by atoms with van der Waals surface area (Å²) in [6, 6.07) is 31.1. The minimum atomic E-state index is -0.182. The number of carbonyl (C=O) groups excluding carboxylic acids is 1. The number of carbonyl (C=O) groups is 1. The summed E-state index contributed by atoms with van der Waals surface area (Å²) in [5.74, 6) is -0.182. The van der Waals surface area contributed by atoms with Crippen molar-refractivity contribution in [2.24, 2.45) is 24.4 Å². The Morgan fingerprint density at radius 3 is 1.53 bits per heavy atom. The van der Waals surface area contributed by atoms with Gasteiger partial charge in [0.25, 0.3) is 5.91 Å². The van der Waals surface area contributed by atoms with Gasteiger partial charge in [0.15, 0.2) is 24.8 Å². The second-order valence-corrected chi connectivity index (χ2v) is 8.97. The summed E-state index contributed by atoms with van der Waals surface area (Å²) in [5.41, 5.74) is 10.2. The average Bonchev–Trinajstić information content (AvgIpc) is 2.95. The van der Waals surface area contributed by atoms with E-state index in [1.165, 1.54) is 0 Å². The second kappa shape index (κ2) is 11.3. The molecule has 0 aliphatic heterocycles. The van der Waals surface area contributed by atoms with E-state index in [4.69, 9.17) is 0 Å². The lowest BCUT2D eigenvalue weighted by atomic mass is 10.1. The minimum Gasteiger partial charge on any atom is -0.322 e. The molecule has 2 heterocycles. The number of benzene rings is 3. The van der Waals surface area contributed by atoms with Crippen LogP contribution in [0.2, 0.25) is 0 Å². The van der Waals surface area contributed by atoms with Crippen LogP contribution in [0.25, 0.3) is 22.3 Å². The molecule has 7 heteroatoms. The quantitative estimate of drug-likeness (QED) is 0.163. The molecule has 5 aromatic rings. The number of nitrogens with zero attached hydrogens (tertiary/aromatic N) is 4. The molecule has 0 aliphatic carbocycles. The Hall–Kier alpha value is -5.17. The highest BCUT2D eigenvalue weighted by atomic mass is 16.1. The maximum absolute atomic E-state index is 12.7. The Balaban J connectivity index is 1.15. The first kappa shape index (κ1) is 24.5. The van der Waals surface area contributed by atoms with Crippen LogP contribution in [0.5, 0.6) is 0 Å². The highest BCUT2D eigenvalue weighted by Crippen LogP contribution is 2.22. The molecule has 0 unspecified atom stereocenters. The number of amides is 1. The normalized spacial score (nSPS) is 10.9. The van der Waals surface area contributed by atoms with Crippen LogP contribution in [-0.2, 0) is 14.1 Å². The van der Waals surface area contributed by atoms with Gasteiger partial charge < -0.3 is 5.32 Å². The average molecular weight is 501 g/mol. The summed E-state index contributed by atoms with van der Waals surface area (Å²) in [6.07, 6.45) is 8.06. The Morgan fingerprint density at radius 1 is 0.579 bits per heavy atom. The molecular formula is C31H28N6O+2. The summed E-state index contributed by atoms with van der Waals surface area (Å²) in [7, 11) is 3.98. The van der Waals surface area contributed by atoms with Crippen LogP contribution >= 0.6 is 0 Å². The molecule has 0 saturated carbocycles. The minimum absolute atomic E-state index is 0.182. The topological polar surface area (TPSA) is 73.6 Å². The second-order valence-electron chi connectivity index (χ2n) is 8.97. The van der Waals surface area contributed by atoms with Gasteiger partial charge in [-0.15, -0.1) is 5.11 Å². The molecule has 0 saturated heterocycles. The van der Waals surface area contributed by atoms with E-state index in [0.717, 1.165) is 33.6 Å². The van der Waals surface area contributed by atoms with E-state index >= 15 is 0 Å². The first-order chi connectivity index (χ1) is 18.5. The molecule has 2 N–H and O–H groups in total. The van der Waals surface area contributed by atoms with Gasteiger partial charge >= 0.3 is 0 Å². The lowest BCUT2D eigenvalue weighted by molar-refractivity contribution is -0.671. The van der Waals surface area contributed by atoms with Gasteiger partial charge in [-0.05, 0) is 70.8 Å². The number of rotatable bonds is 7. The van der Waals surface area contributed by atoms with Gasteiger partial charge in [-0.25, -0.2) is 9.13 Å². The van der Waals surface area contributed by atoms with Crippen molar-refractivity contribution < 1.29 is 13.9 Å². The highest BCUT2D eigenvalue weighted by molar-refractivity contribution is 6.04. The zero-order valence-electron chi connectivity index (χ0n) is 21.2. The van der Waals surface area contributed by atoms with Crippen LogP contribution in [0.1, 0.15) is 10.4 Å². The van der Waals surface area contributed by atoms with E-state index in [9.17, 15) is 4.79 Å².